The Labute approximate surface area is 170 Å². The molecule has 0 fully saturated rings. The topological polar surface area (TPSA) is 61.7 Å². The van der Waals surface area contributed by atoms with Crippen molar-refractivity contribution in [3.8, 4) is 22.9 Å². The van der Waals surface area contributed by atoms with Crippen molar-refractivity contribution in [2.75, 3.05) is 20.3 Å². The molecule has 1 amide bonds. The van der Waals surface area contributed by atoms with Crippen LogP contribution in [0.15, 0.2) is 54.6 Å². The highest BCUT2D eigenvalue weighted by Crippen LogP contribution is 2.30. The second kappa shape index (κ2) is 7.91. The monoisotopic (exact) mass is 392 g/mol. The molecule has 0 spiro atoms. The van der Waals surface area contributed by atoms with Gasteiger partial charge in [-0.2, -0.15) is 0 Å². The molecule has 1 aliphatic rings. The van der Waals surface area contributed by atoms with Crippen LogP contribution in [0.25, 0.3) is 5.69 Å². The molecular weight excluding hydrogens is 368 g/mol. The third-order valence-corrected chi connectivity index (χ3v) is 5.05. The summed E-state index contributed by atoms with van der Waals surface area (Å²) in [5, 5.41) is 2.97. The van der Waals surface area contributed by atoms with Crippen LogP contribution in [0, 0.1) is 13.8 Å². The van der Waals surface area contributed by atoms with Crippen molar-refractivity contribution in [1.29, 1.82) is 0 Å². The predicted octanol–water partition coefficient (Wildman–Crippen LogP) is 3.67. The first kappa shape index (κ1) is 18.9. The van der Waals surface area contributed by atoms with Crippen LogP contribution in [0.1, 0.15) is 21.7 Å². The summed E-state index contributed by atoms with van der Waals surface area (Å²) in [5.41, 5.74) is 3.45. The van der Waals surface area contributed by atoms with Crippen molar-refractivity contribution in [3.05, 3.63) is 71.5 Å². The first-order valence-electron chi connectivity index (χ1n) is 9.57. The third-order valence-electron chi connectivity index (χ3n) is 5.05. The zero-order chi connectivity index (χ0) is 20.4. The molecule has 1 atom stereocenters. The van der Waals surface area contributed by atoms with Crippen LogP contribution in [0.4, 0.5) is 0 Å². The lowest BCUT2D eigenvalue weighted by atomic mass is 10.2. The number of carbonyl (C=O) groups excluding carboxylic acids is 1. The van der Waals surface area contributed by atoms with E-state index < -0.39 is 0 Å². The van der Waals surface area contributed by atoms with E-state index in [2.05, 4.69) is 5.32 Å². The molecule has 0 saturated heterocycles. The average molecular weight is 392 g/mol. The minimum atomic E-state index is -0.226. The van der Waals surface area contributed by atoms with Crippen LogP contribution >= 0.6 is 0 Å². The number of hydrogen-bond acceptors (Lipinski definition) is 4. The van der Waals surface area contributed by atoms with E-state index in [9.17, 15) is 4.79 Å². The van der Waals surface area contributed by atoms with Crippen molar-refractivity contribution in [2.45, 2.75) is 20.0 Å². The number of aryl methyl sites for hydroxylation is 1. The molecule has 4 rings (SSSR count). The number of nitrogens with zero attached hydrogens (tertiary/aromatic N) is 1. The van der Waals surface area contributed by atoms with Gasteiger partial charge < -0.3 is 24.1 Å². The Balaban J connectivity index is 1.47. The van der Waals surface area contributed by atoms with Gasteiger partial charge in [0, 0.05) is 23.1 Å². The molecule has 1 aromatic heterocycles. The molecule has 2 aromatic carbocycles. The lowest BCUT2D eigenvalue weighted by Crippen LogP contribution is -2.40. The molecule has 0 saturated carbocycles. The molecule has 0 aliphatic carbocycles. The number of amides is 1. The van der Waals surface area contributed by atoms with Crippen LogP contribution in [0.5, 0.6) is 17.2 Å². The number of hydrogen-bond donors (Lipinski definition) is 1. The van der Waals surface area contributed by atoms with Gasteiger partial charge in [0.2, 0.25) is 0 Å². The number of rotatable bonds is 5. The Morgan fingerprint density at radius 2 is 1.93 bits per heavy atom. The minimum Gasteiger partial charge on any atom is -0.497 e. The van der Waals surface area contributed by atoms with Crippen molar-refractivity contribution < 1.29 is 19.0 Å². The summed E-state index contributed by atoms with van der Waals surface area (Å²) in [5.74, 6) is 2.08. The fourth-order valence-electron chi connectivity index (χ4n) is 3.60. The quantitative estimate of drug-likeness (QED) is 0.720. The predicted molar refractivity (Wildman–Crippen MR) is 110 cm³/mol. The van der Waals surface area contributed by atoms with Crippen molar-refractivity contribution in [2.24, 2.45) is 0 Å². The molecule has 0 bridgehead atoms. The second-order valence-corrected chi connectivity index (χ2v) is 7.03. The molecule has 1 unspecified atom stereocenters. The summed E-state index contributed by atoms with van der Waals surface area (Å²) >= 11 is 0. The maximum absolute atomic E-state index is 12.8. The lowest BCUT2D eigenvalue weighted by Gasteiger charge is -2.26. The molecule has 1 aliphatic heterocycles. The number of ether oxygens (including phenoxy) is 3. The Kier molecular flexibility index (Phi) is 5.16. The number of benzene rings is 2. The van der Waals surface area contributed by atoms with Crippen LogP contribution in [-0.2, 0) is 0 Å². The molecule has 150 valence electrons. The van der Waals surface area contributed by atoms with Gasteiger partial charge in [-0.1, -0.05) is 18.2 Å². The van der Waals surface area contributed by atoms with Gasteiger partial charge in [-0.25, -0.2) is 0 Å². The van der Waals surface area contributed by atoms with Crippen LogP contribution in [-0.4, -0.2) is 36.8 Å². The van der Waals surface area contributed by atoms with E-state index in [1.54, 1.807) is 7.11 Å². The Morgan fingerprint density at radius 1 is 1.14 bits per heavy atom. The number of carbonyl (C=O) groups is 1. The standard InChI is InChI=1S/C23H24N2O4/c1-15-11-20(16(2)25(15)17-7-6-8-18(12-17)27-3)23(26)24-13-19-14-28-21-9-4-5-10-22(21)29-19/h4-12,19H,13-14H2,1-3H3,(H,24,26). The minimum absolute atomic E-state index is 0.130. The van der Waals surface area contributed by atoms with Crippen molar-refractivity contribution in [1.82, 2.24) is 9.88 Å². The van der Waals surface area contributed by atoms with Gasteiger partial charge in [-0.15, -0.1) is 0 Å². The lowest BCUT2D eigenvalue weighted by molar-refractivity contribution is 0.0789. The largest absolute Gasteiger partial charge is 0.497 e. The van der Waals surface area contributed by atoms with Gasteiger partial charge in [0.15, 0.2) is 11.5 Å². The molecule has 1 N–H and O–H groups in total. The van der Waals surface area contributed by atoms with Gasteiger partial charge in [0.05, 0.1) is 19.2 Å². The van der Waals surface area contributed by atoms with E-state index >= 15 is 0 Å². The fourth-order valence-corrected chi connectivity index (χ4v) is 3.60. The van der Waals surface area contributed by atoms with E-state index in [1.807, 2.05) is 73.0 Å². The molecule has 3 aromatic rings. The highest BCUT2D eigenvalue weighted by Gasteiger charge is 2.23. The number of methoxy groups -OCH3 is 1. The maximum Gasteiger partial charge on any atom is 0.253 e. The second-order valence-electron chi connectivity index (χ2n) is 7.03. The maximum atomic E-state index is 12.8. The first-order valence-corrected chi connectivity index (χ1v) is 9.57. The fraction of sp³-hybridized carbons (Fsp3) is 0.261. The van der Waals surface area contributed by atoms with Gasteiger partial charge in [-0.05, 0) is 44.2 Å². The van der Waals surface area contributed by atoms with Crippen molar-refractivity contribution >= 4 is 5.91 Å². The van der Waals surface area contributed by atoms with Crippen LogP contribution in [0.2, 0.25) is 0 Å². The first-order chi connectivity index (χ1) is 14.1. The summed E-state index contributed by atoms with van der Waals surface area (Å²) < 4.78 is 19.0. The Hall–Kier alpha value is -3.41. The van der Waals surface area contributed by atoms with Crippen LogP contribution < -0.4 is 19.5 Å². The molecule has 6 heteroatoms. The van der Waals surface area contributed by atoms with E-state index in [1.165, 1.54) is 0 Å². The summed E-state index contributed by atoms with van der Waals surface area (Å²) in [6, 6.07) is 17.2. The smallest absolute Gasteiger partial charge is 0.253 e. The van der Waals surface area contributed by atoms with E-state index in [0.717, 1.165) is 28.6 Å². The summed E-state index contributed by atoms with van der Waals surface area (Å²) in [6.07, 6.45) is -0.226. The van der Waals surface area contributed by atoms with E-state index in [4.69, 9.17) is 14.2 Å². The average Bonchev–Trinajstić information content (AvgIpc) is 3.06. The molecular formula is C23H24N2O4. The Morgan fingerprint density at radius 3 is 2.72 bits per heavy atom. The Bertz CT molecular complexity index is 1040. The van der Waals surface area contributed by atoms with E-state index in [0.29, 0.717) is 24.5 Å². The highest BCUT2D eigenvalue weighted by molar-refractivity contribution is 5.96. The number of fused-ring (bicyclic) bond motifs is 1. The van der Waals surface area contributed by atoms with Crippen LogP contribution in [0.3, 0.4) is 0 Å². The van der Waals surface area contributed by atoms with Crippen molar-refractivity contribution in [3.63, 3.8) is 0 Å². The summed E-state index contributed by atoms with van der Waals surface area (Å²) in [6.45, 7) is 4.70. The highest BCUT2D eigenvalue weighted by atomic mass is 16.6. The normalized spacial score (nSPS) is 15.1. The van der Waals surface area contributed by atoms with Gasteiger partial charge in [-0.3, -0.25) is 4.79 Å². The number of nitrogens with one attached hydrogen (secondary N) is 1. The zero-order valence-electron chi connectivity index (χ0n) is 16.8. The van der Waals surface area contributed by atoms with Gasteiger partial charge in [0.25, 0.3) is 5.91 Å². The number of para-hydroxylation sites is 2. The third kappa shape index (κ3) is 3.78. The zero-order valence-corrected chi connectivity index (χ0v) is 16.8. The summed E-state index contributed by atoms with van der Waals surface area (Å²) in [7, 11) is 1.64. The SMILES string of the molecule is COc1cccc(-n2c(C)cc(C(=O)NCC3COc4ccccc4O3)c2C)c1. The number of aromatic nitrogens is 1. The molecule has 29 heavy (non-hydrogen) atoms. The van der Waals surface area contributed by atoms with E-state index in [-0.39, 0.29) is 12.0 Å². The van der Waals surface area contributed by atoms with Gasteiger partial charge in [0.1, 0.15) is 18.5 Å². The van der Waals surface area contributed by atoms with Gasteiger partial charge >= 0.3 is 0 Å². The molecule has 0 radical (unpaired) electrons. The molecule has 2 heterocycles. The summed E-state index contributed by atoms with van der Waals surface area (Å²) in [4.78, 5) is 12.8. The molecule has 6 nitrogen and oxygen atoms in total.